The van der Waals surface area contributed by atoms with Crippen molar-refractivity contribution in [2.75, 3.05) is 25.5 Å². The maximum atomic E-state index is 12.6. The Morgan fingerprint density at radius 1 is 1.36 bits per heavy atom. The quantitative estimate of drug-likeness (QED) is 0.778. The van der Waals surface area contributed by atoms with Crippen LogP contribution in [0.2, 0.25) is 0 Å². The monoisotopic (exact) mass is 411 g/mol. The maximum absolute atomic E-state index is 12.6. The molecule has 0 aromatic heterocycles. The van der Waals surface area contributed by atoms with Crippen molar-refractivity contribution in [3.8, 4) is 0 Å². The third-order valence-electron chi connectivity index (χ3n) is 3.99. The Labute approximate surface area is 147 Å². The van der Waals surface area contributed by atoms with Gasteiger partial charge in [-0.1, -0.05) is 6.42 Å². The molecule has 1 saturated carbocycles. The summed E-state index contributed by atoms with van der Waals surface area (Å²) in [5.74, 6) is 0.232. The molecule has 8 heteroatoms. The van der Waals surface area contributed by atoms with Crippen molar-refractivity contribution < 1.29 is 8.42 Å². The number of hydrogen-bond donors (Lipinski definition) is 2. The van der Waals surface area contributed by atoms with Gasteiger partial charge in [-0.05, 0) is 59.4 Å². The zero-order valence-corrected chi connectivity index (χ0v) is 16.0. The molecule has 1 aliphatic carbocycles. The smallest absolute Gasteiger partial charge is 0.242 e. The average Bonchev–Trinajstić information content (AvgIpc) is 2.85. The highest BCUT2D eigenvalue weighted by atomic mass is 79.9. The first-order chi connectivity index (χ1) is 9.85. The van der Waals surface area contributed by atoms with Crippen molar-refractivity contribution >= 4 is 44.0 Å². The van der Waals surface area contributed by atoms with E-state index in [4.69, 9.17) is 5.73 Å². The summed E-state index contributed by atoms with van der Waals surface area (Å²) >= 11 is 3.33. The van der Waals surface area contributed by atoms with Gasteiger partial charge in [-0.25, -0.2) is 13.1 Å². The van der Waals surface area contributed by atoms with Gasteiger partial charge in [0.15, 0.2) is 0 Å². The van der Waals surface area contributed by atoms with Gasteiger partial charge in [-0.15, -0.1) is 12.4 Å². The van der Waals surface area contributed by atoms with E-state index >= 15 is 0 Å². The van der Waals surface area contributed by atoms with E-state index in [2.05, 4.69) is 20.7 Å². The molecule has 22 heavy (non-hydrogen) atoms. The summed E-state index contributed by atoms with van der Waals surface area (Å²) in [7, 11) is 0.214. The highest BCUT2D eigenvalue weighted by molar-refractivity contribution is 9.10. The Hall–Kier alpha value is -0.340. The van der Waals surface area contributed by atoms with Crippen LogP contribution in [0, 0.1) is 5.92 Å². The lowest BCUT2D eigenvalue weighted by molar-refractivity contribution is 0.453. The molecule has 1 aromatic rings. The third kappa shape index (κ3) is 4.35. The first-order valence-corrected chi connectivity index (χ1v) is 9.32. The Kier molecular flexibility index (Phi) is 7.14. The summed E-state index contributed by atoms with van der Waals surface area (Å²) in [6.45, 7) is 0.520. The number of anilines is 1. The number of sulfonamides is 1. The van der Waals surface area contributed by atoms with Gasteiger partial charge in [0.25, 0.3) is 0 Å². The van der Waals surface area contributed by atoms with Gasteiger partial charge in [-0.2, -0.15) is 0 Å². The van der Waals surface area contributed by atoms with Crippen LogP contribution in [0.1, 0.15) is 19.3 Å². The SMILES string of the molecule is CN(C)c1ccc(Br)c(S(=O)(=O)NC2CCCC2CN)c1.Cl. The van der Waals surface area contributed by atoms with Crippen LogP contribution in [0.5, 0.6) is 0 Å². The molecular formula is C14H23BrClN3O2S. The Morgan fingerprint density at radius 3 is 2.64 bits per heavy atom. The van der Waals surface area contributed by atoms with E-state index in [9.17, 15) is 8.42 Å². The standard InChI is InChI=1S/C14H22BrN3O2S.ClH/c1-18(2)11-6-7-12(15)14(8-11)21(19,20)17-13-5-3-4-10(13)9-16;/h6-8,10,13,17H,3-5,9,16H2,1-2H3;1H. The van der Waals surface area contributed by atoms with Crippen molar-refractivity contribution in [2.45, 2.75) is 30.2 Å². The van der Waals surface area contributed by atoms with E-state index < -0.39 is 10.0 Å². The van der Waals surface area contributed by atoms with Gasteiger partial charge in [-0.3, -0.25) is 0 Å². The van der Waals surface area contributed by atoms with E-state index in [-0.39, 0.29) is 29.3 Å². The van der Waals surface area contributed by atoms with Gasteiger partial charge >= 0.3 is 0 Å². The van der Waals surface area contributed by atoms with Crippen LogP contribution < -0.4 is 15.4 Å². The highest BCUT2D eigenvalue weighted by Gasteiger charge is 2.31. The Bertz CT molecular complexity index is 610. The van der Waals surface area contributed by atoms with Crippen LogP contribution in [0.4, 0.5) is 5.69 Å². The average molecular weight is 413 g/mol. The molecule has 0 bridgehead atoms. The number of rotatable bonds is 5. The zero-order chi connectivity index (χ0) is 15.6. The largest absolute Gasteiger partial charge is 0.378 e. The Balaban J connectivity index is 0.00000242. The van der Waals surface area contributed by atoms with E-state index in [1.54, 1.807) is 12.1 Å². The summed E-state index contributed by atoms with van der Waals surface area (Å²) in [6, 6.07) is 5.26. The van der Waals surface area contributed by atoms with E-state index in [1.807, 2.05) is 25.1 Å². The van der Waals surface area contributed by atoms with Crippen LogP contribution >= 0.6 is 28.3 Å². The zero-order valence-electron chi connectivity index (χ0n) is 12.8. The number of nitrogens with zero attached hydrogens (tertiary/aromatic N) is 1. The molecule has 1 fully saturated rings. The lowest BCUT2D eigenvalue weighted by Crippen LogP contribution is -2.39. The topological polar surface area (TPSA) is 75.4 Å². The molecule has 1 aliphatic rings. The summed E-state index contributed by atoms with van der Waals surface area (Å²) in [4.78, 5) is 2.15. The normalized spacial score (nSPS) is 21.5. The summed E-state index contributed by atoms with van der Waals surface area (Å²) in [5.41, 5.74) is 6.57. The molecule has 0 amide bonds. The fraction of sp³-hybridized carbons (Fsp3) is 0.571. The molecular weight excluding hydrogens is 390 g/mol. The number of halogens is 2. The molecule has 0 radical (unpaired) electrons. The van der Waals surface area contributed by atoms with Crippen LogP contribution in [0.3, 0.4) is 0 Å². The maximum Gasteiger partial charge on any atom is 0.242 e. The van der Waals surface area contributed by atoms with Crippen molar-refractivity contribution in [1.82, 2.24) is 4.72 Å². The summed E-state index contributed by atoms with van der Waals surface area (Å²) < 4.78 is 28.7. The molecule has 2 rings (SSSR count). The molecule has 0 spiro atoms. The first-order valence-electron chi connectivity index (χ1n) is 7.04. The van der Waals surface area contributed by atoms with E-state index in [0.717, 1.165) is 24.9 Å². The predicted molar refractivity (Wildman–Crippen MR) is 96.2 cm³/mol. The number of hydrogen-bond acceptors (Lipinski definition) is 4. The highest BCUT2D eigenvalue weighted by Crippen LogP contribution is 2.30. The van der Waals surface area contributed by atoms with E-state index in [0.29, 0.717) is 11.0 Å². The summed E-state index contributed by atoms with van der Waals surface area (Å²) in [6.07, 6.45) is 2.86. The van der Waals surface area contributed by atoms with Crippen LogP contribution in [0.25, 0.3) is 0 Å². The molecule has 0 aliphatic heterocycles. The summed E-state index contributed by atoms with van der Waals surface area (Å²) in [5, 5.41) is 0. The van der Waals surface area contributed by atoms with Crippen molar-refractivity contribution in [3.63, 3.8) is 0 Å². The van der Waals surface area contributed by atoms with Gasteiger partial charge in [0, 0.05) is 30.3 Å². The van der Waals surface area contributed by atoms with Crippen LogP contribution in [0.15, 0.2) is 27.6 Å². The molecule has 2 unspecified atom stereocenters. The van der Waals surface area contributed by atoms with Gasteiger partial charge < -0.3 is 10.6 Å². The number of nitrogens with one attached hydrogen (secondary N) is 1. The fourth-order valence-electron chi connectivity index (χ4n) is 2.71. The number of nitrogens with two attached hydrogens (primary N) is 1. The molecule has 0 heterocycles. The molecule has 2 atom stereocenters. The van der Waals surface area contributed by atoms with E-state index in [1.165, 1.54) is 0 Å². The molecule has 3 N–H and O–H groups in total. The minimum absolute atomic E-state index is 0. The second kappa shape index (κ2) is 7.97. The van der Waals surface area contributed by atoms with Gasteiger partial charge in [0.05, 0.1) is 4.90 Å². The predicted octanol–water partition coefficient (Wildman–Crippen LogP) is 2.34. The minimum atomic E-state index is -3.55. The second-order valence-electron chi connectivity index (χ2n) is 5.66. The minimum Gasteiger partial charge on any atom is -0.378 e. The second-order valence-corrected chi connectivity index (χ2v) is 8.20. The molecule has 5 nitrogen and oxygen atoms in total. The molecule has 1 aromatic carbocycles. The van der Waals surface area contributed by atoms with Gasteiger partial charge in [0.2, 0.25) is 10.0 Å². The van der Waals surface area contributed by atoms with Crippen molar-refractivity contribution in [3.05, 3.63) is 22.7 Å². The lowest BCUT2D eigenvalue weighted by Gasteiger charge is -2.21. The Morgan fingerprint density at radius 2 is 2.05 bits per heavy atom. The molecule has 0 saturated heterocycles. The van der Waals surface area contributed by atoms with Crippen molar-refractivity contribution in [2.24, 2.45) is 11.7 Å². The van der Waals surface area contributed by atoms with Gasteiger partial charge in [0.1, 0.15) is 0 Å². The first kappa shape index (κ1) is 19.7. The third-order valence-corrected chi connectivity index (χ3v) is 6.47. The molecule has 126 valence electrons. The number of benzene rings is 1. The lowest BCUT2D eigenvalue weighted by atomic mass is 10.1. The van der Waals surface area contributed by atoms with Crippen molar-refractivity contribution in [1.29, 1.82) is 0 Å². The van der Waals surface area contributed by atoms with Crippen LogP contribution in [-0.2, 0) is 10.0 Å². The van der Waals surface area contributed by atoms with Crippen LogP contribution in [-0.4, -0.2) is 35.1 Å². The fourth-order valence-corrected chi connectivity index (χ4v) is 5.04.